The van der Waals surface area contributed by atoms with E-state index in [1.165, 1.54) is 12.1 Å². The Hall–Kier alpha value is -2.70. The van der Waals surface area contributed by atoms with Crippen LogP contribution in [0.5, 0.6) is 0 Å². The van der Waals surface area contributed by atoms with Crippen LogP contribution in [0.3, 0.4) is 0 Å². The summed E-state index contributed by atoms with van der Waals surface area (Å²) in [5, 5.41) is 2.78. The Bertz CT molecular complexity index is 743. The number of aromatic nitrogens is 1. The number of rotatable bonds is 10. The van der Waals surface area contributed by atoms with Crippen molar-refractivity contribution in [3.8, 4) is 11.3 Å². The zero-order chi connectivity index (χ0) is 19.6. The highest BCUT2D eigenvalue weighted by atomic mass is 19.1. The maximum absolute atomic E-state index is 13.0. The van der Waals surface area contributed by atoms with E-state index in [4.69, 9.17) is 4.42 Å². The number of benzene rings is 1. The highest BCUT2D eigenvalue weighted by molar-refractivity contribution is 5.84. The summed E-state index contributed by atoms with van der Waals surface area (Å²) in [5.74, 6) is 0.401. The summed E-state index contributed by atoms with van der Waals surface area (Å²) >= 11 is 0. The third-order valence-electron chi connectivity index (χ3n) is 3.99. The van der Waals surface area contributed by atoms with Crippen molar-refractivity contribution >= 4 is 11.8 Å². The molecule has 2 rings (SSSR count). The lowest BCUT2D eigenvalue weighted by Gasteiger charge is -2.21. The molecule has 6 nitrogen and oxygen atoms in total. The minimum Gasteiger partial charge on any atom is -0.441 e. The maximum Gasteiger partial charge on any atom is 0.239 e. The molecule has 2 aromatic rings. The van der Waals surface area contributed by atoms with Gasteiger partial charge < -0.3 is 14.6 Å². The minimum atomic E-state index is -0.317. The Kier molecular flexibility index (Phi) is 7.98. The topological polar surface area (TPSA) is 75.4 Å². The molecule has 0 aliphatic carbocycles. The Morgan fingerprint density at radius 2 is 1.93 bits per heavy atom. The van der Waals surface area contributed by atoms with E-state index in [0.29, 0.717) is 31.2 Å². The smallest absolute Gasteiger partial charge is 0.239 e. The van der Waals surface area contributed by atoms with Gasteiger partial charge in [0.25, 0.3) is 0 Å². The molecule has 0 spiro atoms. The van der Waals surface area contributed by atoms with Crippen LogP contribution in [0.25, 0.3) is 11.3 Å². The SMILES string of the molecule is CCCNC(=O)CN(CCC)C(=O)CCc1ncc(-c2ccc(F)cc2)o1. The average molecular weight is 375 g/mol. The molecule has 0 saturated heterocycles. The molecular weight excluding hydrogens is 349 g/mol. The van der Waals surface area contributed by atoms with Gasteiger partial charge in [-0.25, -0.2) is 9.37 Å². The third kappa shape index (κ3) is 6.51. The van der Waals surface area contributed by atoms with Crippen molar-refractivity contribution < 1.29 is 18.4 Å². The Labute approximate surface area is 158 Å². The molecule has 1 heterocycles. The van der Waals surface area contributed by atoms with E-state index < -0.39 is 0 Å². The van der Waals surface area contributed by atoms with E-state index in [-0.39, 0.29) is 30.6 Å². The van der Waals surface area contributed by atoms with E-state index in [0.717, 1.165) is 18.4 Å². The molecule has 0 aliphatic heterocycles. The van der Waals surface area contributed by atoms with E-state index in [2.05, 4.69) is 10.3 Å². The maximum atomic E-state index is 13.0. The summed E-state index contributed by atoms with van der Waals surface area (Å²) in [6.07, 6.45) is 3.75. The van der Waals surface area contributed by atoms with Crippen LogP contribution in [0.4, 0.5) is 4.39 Å². The number of hydrogen-bond acceptors (Lipinski definition) is 4. The number of carbonyl (C=O) groups is 2. The molecule has 2 amide bonds. The van der Waals surface area contributed by atoms with Crippen molar-refractivity contribution in [3.05, 3.63) is 42.2 Å². The van der Waals surface area contributed by atoms with Crippen LogP contribution in [0.15, 0.2) is 34.9 Å². The van der Waals surface area contributed by atoms with E-state index in [1.54, 1.807) is 23.2 Å². The third-order valence-corrected chi connectivity index (χ3v) is 3.99. The second-order valence-corrected chi connectivity index (χ2v) is 6.29. The minimum absolute atomic E-state index is 0.0685. The van der Waals surface area contributed by atoms with Crippen molar-refractivity contribution in [2.75, 3.05) is 19.6 Å². The highest BCUT2D eigenvalue weighted by Crippen LogP contribution is 2.21. The summed E-state index contributed by atoms with van der Waals surface area (Å²) in [6, 6.07) is 5.94. The van der Waals surface area contributed by atoms with Crippen molar-refractivity contribution in [1.29, 1.82) is 0 Å². The van der Waals surface area contributed by atoms with Crippen molar-refractivity contribution in [3.63, 3.8) is 0 Å². The second-order valence-electron chi connectivity index (χ2n) is 6.29. The van der Waals surface area contributed by atoms with Gasteiger partial charge in [-0.1, -0.05) is 13.8 Å². The molecular formula is C20H26FN3O3. The quantitative estimate of drug-likeness (QED) is 0.692. The highest BCUT2D eigenvalue weighted by Gasteiger charge is 2.17. The van der Waals surface area contributed by atoms with E-state index >= 15 is 0 Å². The Morgan fingerprint density at radius 3 is 2.59 bits per heavy atom. The van der Waals surface area contributed by atoms with Gasteiger partial charge in [-0.15, -0.1) is 0 Å². The average Bonchev–Trinajstić information content (AvgIpc) is 3.13. The number of oxazole rings is 1. The molecule has 1 aromatic carbocycles. The lowest BCUT2D eigenvalue weighted by Crippen LogP contribution is -2.41. The Balaban J connectivity index is 1.90. The zero-order valence-electron chi connectivity index (χ0n) is 15.8. The normalized spacial score (nSPS) is 10.6. The molecule has 27 heavy (non-hydrogen) atoms. The molecule has 0 atom stereocenters. The molecule has 0 bridgehead atoms. The first-order valence-corrected chi connectivity index (χ1v) is 9.28. The van der Waals surface area contributed by atoms with Crippen LogP contribution in [0.2, 0.25) is 0 Å². The predicted molar refractivity (Wildman–Crippen MR) is 100 cm³/mol. The fourth-order valence-electron chi connectivity index (χ4n) is 2.60. The van der Waals surface area contributed by atoms with Gasteiger partial charge in [-0.2, -0.15) is 0 Å². The van der Waals surface area contributed by atoms with Gasteiger partial charge in [0, 0.05) is 31.5 Å². The van der Waals surface area contributed by atoms with Crippen LogP contribution in [-0.2, 0) is 16.0 Å². The number of amides is 2. The van der Waals surface area contributed by atoms with Crippen LogP contribution in [0, 0.1) is 5.82 Å². The predicted octanol–water partition coefficient (Wildman–Crippen LogP) is 3.18. The van der Waals surface area contributed by atoms with Crippen LogP contribution in [0.1, 0.15) is 39.0 Å². The van der Waals surface area contributed by atoms with Crippen LogP contribution >= 0.6 is 0 Å². The lowest BCUT2D eigenvalue weighted by atomic mass is 10.2. The van der Waals surface area contributed by atoms with Gasteiger partial charge in [0.1, 0.15) is 5.82 Å². The van der Waals surface area contributed by atoms with Gasteiger partial charge in [-0.3, -0.25) is 9.59 Å². The van der Waals surface area contributed by atoms with Gasteiger partial charge in [-0.05, 0) is 37.1 Å². The van der Waals surface area contributed by atoms with E-state index in [1.807, 2.05) is 13.8 Å². The molecule has 0 fully saturated rings. The second kappa shape index (κ2) is 10.4. The number of aryl methyl sites for hydroxylation is 1. The molecule has 0 unspecified atom stereocenters. The fraction of sp³-hybridized carbons (Fsp3) is 0.450. The monoisotopic (exact) mass is 375 g/mol. The first-order valence-electron chi connectivity index (χ1n) is 9.28. The number of nitrogens with one attached hydrogen (secondary N) is 1. The number of halogens is 1. The number of hydrogen-bond donors (Lipinski definition) is 1. The van der Waals surface area contributed by atoms with Crippen molar-refractivity contribution in [1.82, 2.24) is 15.2 Å². The molecule has 146 valence electrons. The van der Waals surface area contributed by atoms with Gasteiger partial charge in [0.15, 0.2) is 11.7 Å². The molecule has 0 radical (unpaired) electrons. The summed E-state index contributed by atoms with van der Waals surface area (Å²) in [5.41, 5.74) is 0.724. The fourth-order valence-corrected chi connectivity index (χ4v) is 2.60. The Morgan fingerprint density at radius 1 is 1.19 bits per heavy atom. The summed E-state index contributed by atoms with van der Waals surface area (Å²) in [7, 11) is 0. The van der Waals surface area contributed by atoms with Crippen molar-refractivity contribution in [2.45, 2.75) is 39.5 Å². The summed E-state index contributed by atoms with van der Waals surface area (Å²) in [6.45, 7) is 5.15. The van der Waals surface area contributed by atoms with Crippen molar-refractivity contribution in [2.24, 2.45) is 0 Å². The summed E-state index contributed by atoms with van der Waals surface area (Å²) < 4.78 is 18.6. The molecule has 0 aliphatic rings. The van der Waals surface area contributed by atoms with Gasteiger partial charge >= 0.3 is 0 Å². The summed E-state index contributed by atoms with van der Waals surface area (Å²) in [4.78, 5) is 30.1. The zero-order valence-corrected chi connectivity index (χ0v) is 15.8. The molecule has 0 saturated carbocycles. The first kappa shape index (κ1) is 20.6. The lowest BCUT2D eigenvalue weighted by molar-refractivity contribution is -0.136. The van der Waals surface area contributed by atoms with Gasteiger partial charge in [0.05, 0.1) is 12.7 Å². The van der Waals surface area contributed by atoms with Gasteiger partial charge in [0.2, 0.25) is 11.8 Å². The molecule has 1 aromatic heterocycles. The molecule has 1 N–H and O–H groups in total. The standard InChI is InChI=1S/C20H26FN3O3/c1-3-11-22-18(25)14-24(12-4-2)20(26)10-9-19-23-13-17(27-19)15-5-7-16(21)8-6-15/h5-8,13H,3-4,9-12,14H2,1-2H3,(H,22,25). The first-order chi connectivity index (χ1) is 13.0. The van der Waals surface area contributed by atoms with Crippen LogP contribution in [-0.4, -0.2) is 41.3 Å². The molecule has 7 heteroatoms. The van der Waals surface area contributed by atoms with Crippen LogP contribution < -0.4 is 5.32 Å². The number of nitrogens with zero attached hydrogens (tertiary/aromatic N) is 2. The van der Waals surface area contributed by atoms with E-state index in [9.17, 15) is 14.0 Å². The largest absolute Gasteiger partial charge is 0.441 e. The number of carbonyl (C=O) groups excluding carboxylic acids is 2.